The summed E-state index contributed by atoms with van der Waals surface area (Å²) in [7, 11) is 0. The molecule has 6 heteroatoms. The molecule has 4 nitrogen and oxygen atoms in total. The second kappa shape index (κ2) is 5.83. The number of nitrogens with zero attached hydrogens (tertiary/aromatic N) is 2. The molecular weight excluding hydrogens is 352 g/mol. The minimum atomic E-state index is -0.965. The fourth-order valence-electron chi connectivity index (χ4n) is 1.92. The topological polar surface area (TPSA) is 63.1 Å². The van der Waals surface area contributed by atoms with Gasteiger partial charge in [-0.05, 0) is 36.0 Å². The standard InChI is InChI=1S/C15H9BrN2O2S/c16-12-3-1-2-11-10(12)5-7-18-14(11)21-13-8-9(15(19)20)4-6-17-13/h1-8H,(H,19,20). The Hall–Kier alpha value is -1.92. The number of pyridine rings is 2. The van der Waals surface area contributed by atoms with E-state index < -0.39 is 5.97 Å². The van der Waals surface area contributed by atoms with Gasteiger partial charge in [-0.3, -0.25) is 0 Å². The summed E-state index contributed by atoms with van der Waals surface area (Å²) < 4.78 is 0.997. The van der Waals surface area contributed by atoms with E-state index in [1.165, 1.54) is 24.0 Å². The zero-order chi connectivity index (χ0) is 14.8. The van der Waals surface area contributed by atoms with E-state index in [1.807, 2.05) is 24.3 Å². The number of carboxylic acid groups (broad SMARTS) is 1. The number of halogens is 1. The Labute approximate surface area is 133 Å². The lowest BCUT2D eigenvalue weighted by atomic mass is 10.2. The first-order valence-electron chi connectivity index (χ1n) is 6.05. The summed E-state index contributed by atoms with van der Waals surface area (Å²) in [6, 6.07) is 10.9. The lowest BCUT2D eigenvalue weighted by molar-refractivity contribution is 0.0696. The normalized spacial score (nSPS) is 10.7. The molecule has 3 rings (SSSR count). The van der Waals surface area contributed by atoms with Crippen molar-refractivity contribution < 1.29 is 9.90 Å². The van der Waals surface area contributed by atoms with Gasteiger partial charge in [-0.15, -0.1) is 0 Å². The molecule has 1 N–H and O–H groups in total. The van der Waals surface area contributed by atoms with E-state index in [0.29, 0.717) is 5.03 Å². The minimum Gasteiger partial charge on any atom is -0.478 e. The van der Waals surface area contributed by atoms with Crippen LogP contribution in [-0.4, -0.2) is 21.0 Å². The first kappa shape index (κ1) is 14.0. The van der Waals surface area contributed by atoms with Crippen LogP contribution in [0, 0.1) is 0 Å². The van der Waals surface area contributed by atoms with Crippen molar-refractivity contribution in [3.05, 3.63) is 58.8 Å². The Morgan fingerprint density at radius 1 is 1.10 bits per heavy atom. The van der Waals surface area contributed by atoms with Gasteiger partial charge >= 0.3 is 5.97 Å². The zero-order valence-electron chi connectivity index (χ0n) is 10.7. The Morgan fingerprint density at radius 2 is 1.90 bits per heavy atom. The van der Waals surface area contributed by atoms with Crippen molar-refractivity contribution in [1.29, 1.82) is 0 Å². The maximum Gasteiger partial charge on any atom is 0.335 e. The third kappa shape index (κ3) is 2.91. The monoisotopic (exact) mass is 360 g/mol. The number of hydrogen-bond acceptors (Lipinski definition) is 4. The van der Waals surface area contributed by atoms with Gasteiger partial charge in [-0.2, -0.15) is 0 Å². The van der Waals surface area contributed by atoms with E-state index >= 15 is 0 Å². The molecular formula is C15H9BrN2O2S. The summed E-state index contributed by atoms with van der Waals surface area (Å²) in [6.07, 6.45) is 3.23. The van der Waals surface area contributed by atoms with E-state index in [2.05, 4.69) is 25.9 Å². The van der Waals surface area contributed by atoms with Crippen molar-refractivity contribution in [2.24, 2.45) is 0 Å². The molecule has 0 fully saturated rings. The first-order valence-corrected chi connectivity index (χ1v) is 7.66. The van der Waals surface area contributed by atoms with Crippen molar-refractivity contribution in [2.45, 2.75) is 10.1 Å². The highest BCUT2D eigenvalue weighted by molar-refractivity contribution is 9.10. The molecule has 0 unspecified atom stereocenters. The van der Waals surface area contributed by atoms with Gasteiger partial charge in [-0.1, -0.05) is 28.1 Å². The Bertz CT molecular complexity index is 839. The first-order chi connectivity index (χ1) is 10.1. The quantitative estimate of drug-likeness (QED) is 0.756. The Kier molecular flexibility index (Phi) is 3.90. The van der Waals surface area contributed by atoms with E-state index in [-0.39, 0.29) is 5.56 Å². The highest BCUT2D eigenvalue weighted by atomic mass is 79.9. The molecule has 3 aromatic rings. The number of carboxylic acids is 1. The number of fused-ring (bicyclic) bond motifs is 1. The fourth-order valence-corrected chi connectivity index (χ4v) is 3.32. The van der Waals surface area contributed by atoms with Crippen LogP contribution >= 0.6 is 27.7 Å². The van der Waals surface area contributed by atoms with Crippen LogP contribution < -0.4 is 0 Å². The smallest absolute Gasteiger partial charge is 0.335 e. The number of rotatable bonds is 3. The van der Waals surface area contributed by atoms with Crippen LogP contribution in [-0.2, 0) is 0 Å². The maximum atomic E-state index is 11.0. The average Bonchev–Trinajstić information content (AvgIpc) is 2.49. The summed E-state index contributed by atoms with van der Waals surface area (Å²) in [6.45, 7) is 0. The molecule has 0 saturated heterocycles. The lowest BCUT2D eigenvalue weighted by Gasteiger charge is -2.06. The van der Waals surface area contributed by atoms with Crippen LogP contribution in [0.15, 0.2) is 63.3 Å². The third-order valence-corrected chi connectivity index (χ3v) is 4.54. The molecule has 21 heavy (non-hydrogen) atoms. The van der Waals surface area contributed by atoms with Crippen molar-refractivity contribution in [3.63, 3.8) is 0 Å². The molecule has 2 aromatic heterocycles. The Balaban J connectivity index is 2.04. The largest absolute Gasteiger partial charge is 0.478 e. The molecule has 0 bridgehead atoms. The molecule has 0 aliphatic rings. The molecule has 0 saturated carbocycles. The summed E-state index contributed by atoms with van der Waals surface area (Å²) in [5.74, 6) is -0.965. The van der Waals surface area contributed by atoms with Crippen molar-refractivity contribution >= 4 is 44.4 Å². The summed E-state index contributed by atoms with van der Waals surface area (Å²) in [5, 5.41) is 12.5. The number of benzene rings is 1. The molecule has 0 aliphatic heterocycles. The summed E-state index contributed by atoms with van der Waals surface area (Å²) in [4.78, 5) is 19.6. The minimum absolute atomic E-state index is 0.217. The third-order valence-electron chi connectivity index (χ3n) is 2.90. The number of hydrogen-bond donors (Lipinski definition) is 1. The van der Waals surface area contributed by atoms with Gasteiger partial charge in [-0.25, -0.2) is 14.8 Å². The maximum absolute atomic E-state index is 11.0. The molecule has 0 spiro atoms. The second-order valence-corrected chi connectivity index (χ2v) is 6.10. The van der Waals surface area contributed by atoms with Crippen LogP contribution in [0.4, 0.5) is 0 Å². The molecule has 2 heterocycles. The van der Waals surface area contributed by atoms with E-state index in [9.17, 15) is 4.79 Å². The van der Waals surface area contributed by atoms with Crippen LogP contribution in [0.25, 0.3) is 10.8 Å². The number of aromatic nitrogens is 2. The van der Waals surface area contributed by atoms with Gasteiger partial charge in [0.15, 0.2) is 0 Å². The van der Waals surface area contributed by atoms with Gasteiger partial charge < -0.3 is 5.11 Å². The fraction of sp³-hybridized carbons (Fsp3) is 0. The van der Waals surface area contributed by atoms with Crippen molar-refractivity contribution in [2.75, 3.05) is 0 Å². The van der Waals surface area contributed by atoms with Crippen molar-refractivity contribution in [1.82, 2.24) is 9.97 Å². The highest BCUT2D eigenvalue weighted by Crippen LogP contribution is 2.33. The lowest BCUT2D eigenvalue weighted by Crippen LogP contribution is -1.96. The Morgan fingerprint density at radius 3 is 2.71 bits per heavy atom. The molecule has 1 aromatic carbocycles. The van der Waals surface area contributed by atoms with Gasteiger partial charge in [0, 0.05) is 27.6 Å². The number of carbonyl (C=O) groups is 1. The van der Waals surface area contributed by atoms with Gasteiger partial charge in [0.25, 0.3) is 0 Å². The molecule has 0 radical (unpaired) electrons. The zero-order valence-corrected chi connectivity index (χ0v) is 13.1. The van der Waals surface area contributed by atoms with Gasteiger partial charge in [0.2, 0.25) is 0 Å². The molecule has 0 atom stereocenters. The van der Waals surface area contributed by atoms with E-state index in [0.717, 1.165) is 20.3 Å². The predicted octanol–water partition coefficient (Wildman–Crippen LogP) is 4.24. The molecule has 0 amide bonds. The summed E-state index contributed by atoms with van der Waals surface area (Å²) >= 11 is 4.87. The number of aromatic carboxylic acids is 1. The van der Waals surface area contributed by atoms with Crippen molar-refractivity contribution in [3.8, 4) is 0 Å². The SMILES string of the molecule is O=C(O)c1ccnc(Sc2nccc3c(Br)cccc23)c1. The predicted molar refractivity (Wildman–Crippen MR) is 84.8 cm³/mol. The van der Waals surface area contributed by atoms with Crippen LogP contribution in [0.3, 0.4) is 0 Å². The van der Waals surface area contributed by atoms with E-state index in [1.54, 1.807) is 12.3 Å². The van der Waals surface area contributed by atoms with E-state index in [4.69, 9.17) is 5.11 Å². The van der Waals surface area contributed by atoms with Gasteiger partial charge in [0.05, 0.1) is 5.56 Å². The molecule has 104 valence electrons. The summed E-state index contributed by atoms with van der Waals surface area (Å²) in [5.41, 5.74) is 0.217. The second-order valence-electron chi connectivity index (χ2n) is 4.24. The highest BCUT2D eigenvalue weighted by Gasteiger charge is 2.09. The van der Waals surface area contributed by atoms with Gasteiger partial charge in [0.1, 0.15) is 10.1 Å². The van der Waals surface area contributed by atoms with Crippen LogP contribution in [0.1, 0.15) is 10.4 Å². The average molecular weight is 361 g/mol. The van der Waals surface area contributed by atoms with Crippen LogP contribution in [0.2, 0.25) is 0 Å². The molecule has 0 aliphatic carbocycles. The van der Waals surface area contributed by atoms with Crippen LogP contribution in [0.5, 0.6) is 0 Å².